The molecule has 27 heavy (non-hydrogen) atoms. The molecule has 0 unspecified atom stereocenters. The molecular formula is C18H24N8Te. The van der Waals surface area contributed by atoms with Gasteiger partial charge in [0.25, 0.3) is 0 Å². The zero-order valence-electron chi connectivity index (χ0n) is 16.0. The van der Waals surface area contributed by atoms with E-state index in [2.05, 4.69) is 16.6 Å². The second kappa shape index (κ2) is 9.63. The zero-order valence-corrected chi connectivity index (χ0v) is 18.3. The van der Waals surface area contributed by atoms with Crippen LogP contribution in [-0.4, -0.2) is 56.7 Å². The molecule has 0 N–H and O–H groups in total. The van der Waals surface area contributed by atoms with Gasteiger partial charge in [-0.1, -0.05) is 0 Å². The second-order valence-electron chi connectivity index (χ2n) is 6.58. The van der Waals surface area contributed by atoms with Crippen LogP contribution in [0.3, 0.4) is 0 Å². The van der Waals surface area contributed by atoms with Gasteiger partial charge in [-0.3, -0.25) is 0 Å². The Morgan fingerprint density at radius 2 is 1.11 bits per heavy atom. The summed E-state index contributed by atoms with van der Waals surface area (Å²) in [6, 6.07) is 15.6. The van der Waals surface area contributed by atoms with E-state index in [9.17, 15) is 11.1 Å². The van der Waals surface area contributed by atoms with Crippen molar-refractivity contribution in [3.8, 4) is 0 Å². The maximum atomic E-state index is 9.40. The normalized spacial score (nSPS) is 11.8. The fraction of sp³-hybridized carbons (Fsp3) is 0.333. The number of azide groups is 1. The van der Waals surface area contributed by atoms with Crippen LogP contribution in [0.25, 0.3) is 20.9 Å². The van der Waals surface area contributed by atoms with E-state index < -0.39 is 18.7 Å². The van der Waals surface area contributed by atoms with Crippen molar-refractivity contribution in [2.75, 3.05) is 28.2 Å². The average Bonchev–Trinajstić information content (AvgIpc) is 2.61. The van der Waals surface area contributed by atoms with E-state index in [0.29, 0.717) is 13.1 Å². The molecule has 0 aliphatic carbocycles. The minimum atomic E-state index is -4.11. The molecule has 0 fully saturated rings. The van der Waals surface area contributed by atoms with Gasteiger partial charge < -0.3 is 0 Å². The second-order valence-corrected chi connectivity index (χ2v) is 13.2. The minimum absolute atomic E-state index is 0.668. The Balaban J connectivity index is 2.85. The Kier molecular flexibility index (Phi) is 7.52. The predicted molar refractivity (Wildman–Crippen MR) is 111 cm³/mol. The summed E-state index contributed by atoms with van der Waals surface area (Å²) in [5.74, 6) is 0. The van der Waals surface area contributed by atoms with Crippen LogP contribution in [0.5, 0.6) is 0 Å². The Morgan fingerprint density at radius 3 is 1.44 bits per heavy atom. The SMILES string of the molecule is CN(C)Cc1ccccc1[Te](N=[N+]=[N-])(N=[N+]=[N-])c1ccccc1CN(C)C. The summed E-state index contributed by atoms with van der Waals surface area (Å²) in [6.45, 7) is 1.34. The average molecular weight is 480 g/mol. The summed E-state index contributed by atoms with van der Waals surface area (Å²) >= 11 is -4.11. The van der Waals surface area contributed by atoms with Gasteiger partial charge in [0.05, 0.1) is 0 Å². The molecule has 0 bridgehead atoms. The molecule has 9 heteroatoms. The Morgan fingerprint density at radius 1 is 0.741 bits per heavy atom. The molecule has 0 atom stereocenters. The van der Waals surface area contributed by atoms with Crippen LogP contribution >= 0.6 is 0 Å². The van der Waals surface area contributed by atoms with Gasteiger partial charge in [0.2, 0.25) is 0 Å². The van der Waals surface area contributed by atoms with E-state index >= 15 is 0 Å². The molecule has 0 saturated carbocycles. The molecule has 2 aromatic rings. The van der Waals surface area contributed by atoms with Crippen molar-refractivity contribution < 1.29 is 0 Å². The third-order valence-electron chi connectivity index (χ3n) is 3.84. The van der Waals surface area contributed by atoms with Gasteiger partial charge >= 0.3 is 164 Å². The summed E-state index contributed by atoms with van der Waals surface area (Å²) in [5.41, 5.74) is 20.8. The molecule has 0 aliphatic heterocycles. The fourth-order valence-corrected chi connectivity index (χ4v) is 9.67. The zero-order chi connectivity index (χ0) is 19.9. The Hall–Kier alpha value is -2.23. The first-order valence-electron chi connectivity index (χ1n) is 8.36. The first kappa shape index (κ1) is 21.1. The van der Waals surface area contributed by atoms with E-state index in [1.807, 2.05) is 86.5 Å². The number of hydrogen-bond donors (Lipinski definition) is 0. The van der Waals surface area contributed by atoms with Gasteiger partial charge in [-0.25, -0.2) is 0 Å². The third kappa shape index (κ3) is 4.94. The van der Waals surface area contributed by atoms with Crippen LogP contribution in [0.4, 0.5) is 0 Å². The van der Waals surface area contributed by atoms with E-state index in [0.717, 1.165) is 18.3 Å². The maximum absolute atomic E-state index is 9.40. The molecule has 0 saturated heterocycles. The van der Waals surface area contributed by atoms with E-state index in [1.54, 1.807) is 0 Å². The molecule has 0 radical (unpaired) electrons. The van der Waals surface area contributed by atoms with Gasteiger partial charge in [0.1, 0.15) is 0 Å². The standard InChI is InChI=1S/C18H24N8Te/c1-25(2)13-15-9-5-7-11-17(15)27(23-21-19,24-22-20)18-12-8-6-10-16(18)14-26(3)4/h5-12H,13-14H2,1-4H3. The monoisotopic (exact) mass is 482 g/mol. The van der Waals surface area contributed by atoms with Crippen molar-refractivity contribution in [2.24, 2.45) is 6.73 Å². The van der Waals surface area contributed by atoms with Crippen molar-refractivity contribution in [1.29, 1.82) is 0 Å². The molecular weight excluding hydrogens is 456 g/mol. The molecule has 0 amide bonds. The van der Waals surface area contributed by atoms with Crippen LogP contribution in [0.1, 0.15) is 11.1 Å². The van der Waals surface area contributed by atoms with Gasteiger partial charge in [0.15, 0.2) is 0 Å². The van der Waals surface area contributed by atoms with Crippen LogP contribution in [0.15, 0.2) is 55.3 Å². The van der Waals surface area contributed by atoms with Gasteiger partial charge in [0, 0.05) is 0 Å². The molecule has 0 heterocycles. The van der Waals surface area contributed by atoms with E-state index in [1.165, 1.54) is 0 Å². The first-order chi connectivity index (χ1) is 12.9. The van der Waals surface area contributed by atoms with Crippen molar-refractivity contribution in [1.82, 2.24) is 9.80 Å². The van der Waals surface area contributed by atoms with Crippen molar-refractivity contribution >= 4 is 25.9 Å². The Bertz CT molecular complexity index is 809. The van der Waals surface area contributed by atoms with Crippen LogP contribution < -0.4 is 7.22 Å². The molecule has 0 aromatic heterocycles. The van der Waals surface area contributed by atoms with Crippen LogP contribution in [0.2, 0.25) is 0 Å². The number of benzene rings is 2. The summed E-state index contributed by atoms with van der Waals surface area (Å²) in [7, 11) is 7.92. The predicted octanol–water partition coefficient (Wildman–Crippen LogP) is 2.99. The van der Waals surface area contributed by atoms with Gasteiger partial charge in [-0.15, -0.1) is 0 Å². The molecule has 0 aliphatic rings. The van der Waals surface area contributed by atoms with Crippen LogP contribution in [0, 0.1) is 0 Å². The Labute approximate surface area is 164 Å². The van der Waals surface area contributed by atoms with Gasteiger partial charge in [-0.2, -0.15) is 0 Å². The van der Waals surface area contributed by atoms with Crippen molar-refractivity contribution in [3.05, 3.63) is 80.5 Å². The van der Waals surface area contributed by atoms with E-state index in [-0.39, 0.29) is 0 Å². The topological polar surface area (TPSA) is 104 Å². The third-order valence-corrected chi connectivity index (χ3v) is 11.4. The molecule has 2 rings (SSSR count). The first-order valence-corrected chi connectivity index (χ1v) is 12.8. The van der Waals surface area contributed by atoms with Crippen LogP contribution in [-0.2, 0) is 13.1 Å². The summed E-state index contributed by atoms with van der Waals surface area (Å²) in [4.78, 5) is 10.4. The summed E-state index contributed by atoms with van der Waals surface area (Å²) in [5, 5.41) is 0. The number of nitrogens with zero attached hydrogens (tertiary/aromatic N) is 8. The van der Waals surface area contributed by atoms with E-state index in [4.69, 9.17) is 0 Å². The van der Waals surface area contributed by atoms with Gasteiger partial charge in [-0.05, 0) is 0 Å². The van der Waals surface area contributed by atoms with Crippen molar-refractivity contribution in [3.63, 3.8) is 0 Å². The molecule has 2 aromatic carbocycles. The fourth-order valence-electron chi connectivity index (χ4n) is 2.92. The summed E-state index contributed by atoms with van der Waals surface area (Å²) < 4.78 is 10.2. The number of rotatable bonds is 8. The summed E-state index contributed by atoms with van der Waals surface area (Å²) in [6.07, 6.45) is 0. The quantitative estimate of drug-likeness (QED) is 0.251. The molecule has 0 spiro atoms. The van der Waals surface area contributed by atoms with Crippen molar-refractivity contribution in [2.45, 2.75) is 13.1 Å². The molecule has 8 nitrogen and oxygen atoms in total. The number of hydrogen-bond acceptors (Lipinski definition) is 4. The molecule has 142 valence electrons.